The largest absolute Gasteiger partial charge is 0.508 e. The van der Waals surface area contributed by atoms with Crippen LogP contribution in [0.3, 0.4) is 0 Å². The lowest BCUT2D eigenvalue weighted by atomic mass is 9.65. The predicted molar refractivity (Wildman–Crippen MR) is 91.1 cm³/mol. The van der Waals surface area contributed by atoms with E-state index in [4.69, 9.17) is 0 Å². The molecule has 0 radical (unpaired) electrons. The van der Waals surface area contributed by atoms with Crippen molar-refractivity contribution in [2.24, 2.45) is 0 Å². The van der Waals surface area contributed by atoms with Crippen molar-refractivity contribution in [1.29, 1.82) is 0 Å². The third kappa shape index (κ3) is 2.58. The molecule has 0 aliphatic heterocycles. The lowest BCUT2D eigenvalue weighted by Gasteiger charge is -2.38. The van der Waals surface area contributed by atoms with Gasteiger partial charge in [0, 0.05) is 8.99 Å². The molecule has 1 aliphatic carbocycles. The molecule has 2 aromatic rings. The molecule has 0 amide bonds. The molecule has 0 heterocycles. The van der Waals surface area contributed by atoms with Gasteiger partial charge in [-0.15, -0.1) is 0 Å². The Morgan fingerprint density at radius 3 is 1.80 bits per heavy atom. The Bertz CT molecular complexity index is 518. The van der Waals surface area contributed by atoms with Gasteiger partial charge in [-0.3, -0.25) is 0 Å². The van der Waals surface area contributed by atoms with E-state index in [1.165, 1.54) is 46.8 Å². The smallest absolute Gasteiger partial charge is 0.115 e. The zero-order valence-corrected chi connectivity index (χ0v) is 13.6. The Labute approximate surface area is 134 Å². The monoisotopic (exact) mass is 378 g/mol. The summed E-state index contributed by atoms with van der Waals surface area (Å²) >= 11 is 2.36. The van der Waals surface area contributed by atoms with Crippen molar-refractivity contribution in [2.45, 2.75) is 37.5 Å². The molecular weight excluding hydrogens is 359 g/mol. The fraction of sp³-hybridized carbons (Fsp3) is 0.333. The number of hydrogen-bond donors (Lipinski definition) is 1. The highest BCUT2D eigenvalue weighted by molar-refractivity contribution is 14.1. The lowest BCUT2D eigenvalue weighted by molar-refractivity contribution is 0.345. The topological polar surface area (TPSA) is 20.2 Å². The van der Waals surface area contributed by atoms with Crippen LogP contribution >= 0.6 is 22.6 Å². The molecule has 0 unspecified atom stereocenters. The summed E-state index contributed by atoms with van der Waals surface area (Å²) in [4.78, 5) is 0. The van der Waals surface area contributed by atoms with Gasteiger partial charge in [0.2, 0.25) is 0 Å². The van der Waals surface area contributed by atoms with E-state index in [2.05, 4.69) is 59.0 Å². The molecule has 1 saturated carbocycles. The van der Waals surface area contributed by atoms with Crippen molar-refractivity contribution in [1.82, 2.24) is 0 Å². The van der Waals surface area contributed by atoms with Crippen LogP contribution in [0, 0.1) is 3.57 Å². The minimum Gasteiger partial charge on any atom is -0.508 e. The normalized spacial score (nSPS) is 17.9. The number of rotatable bonds is 2. The maximum absolute atomic E-state index is 9.54. The Morgan fingerprint density at radius 1 is 0.750 bits per heavy atom. The highest BCUT2D eigenvalue weighted by atomic mass is 127. The summed E-state index contributed by atoms with van der Waals surface area (Å²) in [6, 6.07) is 16.8. The van der Waals surface area contributed by atoms with E-state index < -0.39 is 0 Å². The standard InChI is InChI=1S/C18H19IO/c19-16-8-4-14(5-9-16)18(12-2-1-3-13-18)15-6-10-17(20)11-7-15/h4-11,20H,1-3,12-13H2. The van der Waals surface area contributed by atoms with Crippen molar-refractivity contribution in [3.8, 4) is 5.75 Å². The average Bonchev–Trinajstić information content (AvgIpc) is 2.49. The minimum atomic E-state index is 0.135. The summed E-state index contributed by atoms with van der Waals surface area (Å²) in [5, 5.41) is 9.54. The minimum absolute atomic E-state index is 0.135. The third-order valence-electron chi connectivity index (χ3n) is 4.52. The fourth-order valence-corrected chi connectivity index (χ4v) is 3.81. The number of aromatic hydroxyl groups is 1. The first-order valence-corrected chi connectivity index (χ1v) is 8.34. The molecule has 2 aromatic carbocycles. The van der Waals surface area contributed by atoms with E-state index in [1.807, 2.05) is 12.1 Å². The number of benzene rings is 2. The second kappa shape index (κ2) is 5.76. The summed E-state index contributed by atoms with van der Waals surface area (Å²) < 4.78 is 1.28. The van der Waals surface area contributed by atoms with E-state index in [0.717, 1.165) is 0 Å². The summed E-state index contributed by atoms with van der Waals surface area (Å²) in [6.45, 7) is 0. The molecule has 0 aromatic heterocycles. The van der Waals surface area contributed by atoms with Crippen LogP contribution in [0.4, 0.5) is 0 Å². The van der Waals surface area contributed by atoms with Gasteiger partial charge in [-0.1, -0.05) is 43.5 Å². The van der Waals surface area contributed by atoms with Crippen molar-refractivity contribution in [3.63, 3.8) is 0 Å². The van der Waals surface area contributed by atoms with E-state index in [0.29, 0.717) is 5.75 Å². The van der Waals surface area contributed by atoms with Gasteiger partial charge in [0.05, 0.1) is 0 Å². The molecule has 0 spiro atoms. The van der Waals surface area contributed by atoms with E-state index in [-0.39, 0.29) is 5.41 Å². The molecule has 1 N–H and O–H groups in total. The van der Waals surface area contributed by atoms with Gasteiger partial charge in [0.1, 0.15) is 5.75 Å². The molecule has 0 bridgehead atoms. The SMILES string of the molecule is Oc1ccc(C2(c3ccc(I)cc3)CCCCC2)cc1. The zero-order chi connectivity index (χ0) is 14.0. The van der Waals surface area contributed by atoms with Crippen LogP contribution in [0.2, 0.25) is 0 Å². The average molecular weight is 378 g/mol. The second-order valence-corrected chi connectivity index (χ2v) is 6.94. The quantitative estimate of drug-likeness (QED) is 0.708. The van der Waals surface area contributed by atoms with Crippen molar-refractivity contribution < 1.29 is 5.11 Å². The Hall–Kier alpha value is -1.03. The first-order valence-electron chi connectivity index (χ1n) is 7.26. The van der Waals surface area contributed by atoms with Crippen LogP contribution in [0.5, 0.6) is 5.75 Å². The molecule has 1 nitrogen and oxygen atoms in total. The first-order chi connectivity index (χ1) is 9.71. The first kappa shape index (κ1) is 13.9. The van der Waals surface area contributed by atoms with Crippen molar-refractivity contribution in [3.05, 3.63) is 63.2 Å². The molecule has 0 saturated heterocycles. The number of hydrogen-bond acceptors (Lipinski definition) is 1. The summed E-state index contributed by atoms with van der Waals surface area (Å²) in [7, 11) is 0. The van der Waals surface area contributed by atoms with Crippen molar-refractivity contribution in [2.75, 3.05) is 0 Å². The summed E-state index contributed by atoms with van der Waals surface area (Å²) in [6.07, 6.45) is 6.32. The van der Waals surface area contributed by atoms with Gasteiger partial charge in [-0.2, -0.15) is 0 Å². The van der Waals surface area contributed by atoms with Crippen molar-refractivity contribution >= 4 is 22.6 Å². The Kier molecular flexibility index (Phi) is 4.01. The van der Waals surface area contributed by atoms with E-state index in [9.17, 15) is 5.11 Å². The van der Waals surface area contributed by atoms with Gasteiger partial charge < -0.3 is 5.11 Å². The summed E-state index contributed by atoms with van der Waals surface area (Å²) in [5.41, 5.74) is 2.90. The van der Waals surface area contributed by atoms with Crippen LogP contribution < -0.4 is 0 Å². The van der Waals surface area contributed by atoms with E-state index >= 15 is 0 Å². The maximum Gasteiger partial charge on any atom is 0.115 e. The maximum atomic E-state index is 9.54. The second-order valence-electron chi connectivity index (χ2n) is 5.70. The number of halogens is 1. The molecule has 1 fully saturated rings. The Balaban J connectivity index is 2.08. The highest BCUT2D eigenvalue weighted by Crippen LogP contribution is 2.45. The molecule has 104 valence electrons. The summed E-state index contributed by atoms with van der Waals surface area (Å²) in [5.74, 6) is 0.349. The zero-order valence-electron chi connectivity index (χ0n) is 11.5. The predicted octanol–water partition coefficient (Wildman–Crippen LogP) is 5.25. The van der Waals surface area contributed by atoms with Crippen LogP contribution in [-0.2, 0) is 5.41 Å². The Morgan fingerprint density at radius 2 is 1.25 bits per heavy atom. The van der Waals surface area contributed by atoms with Crippen LogP contribution in [0.25, 0.3) is 0 Å². The number of phenols is 1. The van der Waals surface area contributed by atoms with Gasteiger partial charge in [0.25, 0.3) is 0 Å². The molecule has 1 aliphatic rings. The van der Waals surface area contributed by atoms with Gasteiger partial charge in [-0.25, -0.2) is 0 Å². The molecule has 0 atom stereocenters. The third-order valence-corrected chi connectivity index (χ3v) is 5.24. The lowest BCUT2D eigenvalue weighted by Crippen LogP contribution is -2.30. The van der Waals surface area contributed by atoms with Gasteiger partial charge >= 0.3 is 0 Å². The van der Waals surface area contributed by atoms with Crippen LogP contribution in [0.15, 0.2) is 48.5 Å². The highest BCUT2D eigenvalue weighted by Gasteiger charge is 2.35. The molecule has 3 rings (SSSR count). The van der Waals surface area contributed by atoms with Gasteiger partial charge in [0.15, 0.2) is 0 Å². The molecular formula is C18H19IO. The van der Waals surface area contributed by atoms with E-state index in [1.54, 1.807) is 0 Å². The van der Waals surface area contributed by atoms with Crippen LogP contribution in [-0.4, -0.2) is 5.11 Å². The van der Waals surface area contributed by atoms with Crippen LogP contribution in [0.1, 0.15) is 43.2 Å². The number of phenolic OH excluding ortho intramolecular Hbond substituents is 1. The molecule has 20 heavy (non-hydrogen) atoms. The fourth-order valence-electron chi connectivity index (χ4n) is 3.45. The van der Waals surface area contributed by atoms with Gasteiger partial charge in [-0.05, 0) is 70.8 Å². The molecule has 2 heteroatoms.